The third-order valence-electron chi connectivity index (χ3n) is 3.71. The molecule has 132 valence electrons. The lowest BCUT2D eigenvalue weighted by molar-refractivity contribution is -0.141. The van der Waals surface area contributed by atoms with Crippen LogP contribution in [0, 0.1) is 0 Å². The van der Waals surface area contributed by atoms with E-state index >= 15 is 0 Å². The fourth-order valence-corrected chi connectivity index (χ4v) is 3.49. The second kappa shape index (κ2) is 9.74. The average Bonchev–Trinajstić information content (AvgIpc) is 2.64. The maximum atomic E-state index is 12.2. The van der Waals surface area contributed by atoms with Gasteiger partial charge in [-0.25, -0.2) is 4.79 Å². The largest absolute Gasteiger partial charge is 0.480 e. The number of carboxylic acids is 1. The van der Waals surface area contributed by atoms with Crippen molar-refractivity contribution in [2.24, 2.45) is 0 Å². The predicted octanol–water partition coefficient (Wildman–Crippen LogP) is 2.39. The lowest BCUT2D eigenvalue weighted by atomic mass is 10.1. The number of rotatable bonds is 9. The fourth-order valence-electron chi connectivity index (χ4n) is 2.34. The highest BCUT2D eigenvalue weighted by atomic mass is 32.2. The van der Waals surface area contributed by atoms with Crippen LogP contribution in [0.5, 0.6) is 0 Å². The van der Waals surface area contributed by atoms with Gasteiger partial charge in [0.05, 0.1) is 10.8 Å². The van der Waals surface area contributed by atoms with E-state index in [1.165, 1.54) is 0 Å². The molecule has 6 heteroatoms. The number of nitrogens with one attached hydrogen (secondary N) is 1. The molecular formula is C19H21NO4S. The van der Waals surface area contributed by atoms with Crippen molar-refractivity contribution in [3.05, 3.63) is 66.2 Å². The smallest absolute Gasteiger partial charge is 0.326 e. The normalized spacial score (nSPS) is 13.0. The summed E-state index contributed by atoms with van der Waals surface area (Å²) in [6.45, 7) is 0. The van der Waals surface area contributed by atoms with Gasteiger partial charge in [0.2, 0.25) is 5.91 Å². The lowest BCUT2D eigenvalue weighted by Gasteiger charge is -2.14. The highest BCUT2D eigenvalue weighted by Crippen LogP contribution is 2.08. The number of carbonyl (C=O) groups excluding carboxylic acids is 1. The third kappa shape index (κ3) is 6.51. The topological polar surface area (TPSA) is 83.5 Å². The molecule has 0 spiro atoms. The van der Waals surface area contributed by atoms with Crippen LogP contribution in [0.2, 0.25) is 0 Å². The molecule has 0 aliphatic heterocycles. The van der Waals surface area contributed by atoms with Crippen LogP contribution >= 0.6 is 0 Å². The number of carboxylic acid groups (broad SMARTS) is 1. The summed E-state index contributed by atoms with van der Waals surface area (Å²) >= 11 is 0. The maximum Gasteiger partial charge on any atom is 0.326 e. The van der Waals surface area contributed by atoms with Crippen molar-refractivity contribution in [2.45, 2.75) is 30.2 Å². The molecule has 0 saturated heterocycles. The van der Waals surface area contributed by atoms with Gasteiger partial charge in [-0.2, -0.15) is 0 Å². The van der Waals surface area contributed by atoms with Gasteiger partial charge in [-0.15, -0.1) is 0 Å². The zero-order chi connectivity index (χ0) is 18.1. The van der Waals surface area contributed by atoms with E-state index in [4.69, 9.17) is 0 Å². The highest BCUT2D eigenvalue weighted by Gasteiger charge is 2.20. The molecule has 5 nitrogen and oxygen atoms in total. The standard InChI is InChI=1S/C19H21NO4S/c21-18(12-11-15-7-3-1-4-8-15)20-17(19(22)23)13-14-25(24)16-9-5-2-6-10-16/h1-10,17H,11-14H2,(H,20,21)(H,22,23)/t17-,25-/m0/s1. The Balaban J connectivity index is 1.82. The average molecular weight is 359 g/mol. The summed E-state index contributed by atoms with van der Waals surface area (Å²) in [6, 6.07) is 17.4. The zero-order valence-electron chi connectivity index (χ0n) is 13.8. The van der Waals surface area contributed by atoms with Gasteiger partial charge in [0.15, 0.2) is 0 Å². The molecule has 2 aromatic carbocycles. The third-order valence-corrected chi connectivity index (χ3v) is 5.12. The molecule has 0 unspecified atom stereocenters. The molecular weight excluding hydrogens is 338 g/mol. The van der Waals surface area contributed by atoms with Crippen LogP contribution in [0.15, 0.2) is 65.6 Å². The number of amides is 1. The van der Waals surface area contributed by atoms with Crippen molar-refractivity contribution in [1.82, 2.24) is 5.32 Å². The van der Waals surface area contributed by atoms with Crippen molar-refractivity contribution < 1.29 is 18.9 Å². The van der Waals surface area contributed by atoms with Crippen LogP contribution in [0.25, 0.3) is 0 Å². The monoisotopic (exact) mass is 359 g/mol. The summed E-state index contributed by atoms with van der Waals surface area (Å²) in [5, 5.41) is 11.8. The van der Waals surface area contributed by atoms with Gasteiger partial charge >= 0.3 is 5.97 Å². The summed E-state index contributed by atoms with van der Waals surface area (Å²) < 4.78 is 12.2. The number of hydrogen-bond donors (Lipinski definition) is 2. The summed E-state index contributed by atoms with van der Waals surface area (Å²) in [6.07, 6.45) is 0.887. The van der Waals surface area contributed by atoms with Crippen LogP contribution in [0.3, 0.4) is 0 Å². The number of aliphatic carboxylic acids is 1. The molecule has 0 radical (unpaired) electrons. The predicted molar refractivity (Wildman–Crippen MR) is 96.7 cm³/mol. The van der Waals surface area contributed by atoms with E-state index in [9.17, 15) is 18.9 Å². The van der Waals surface area contributed by atoms with Gasteiger partial charge in [0, 0.05) is 17.1 Å². The Morgan fingerprint density at radius 1 is 1.00 bits per heavy atom. The minimum absolute atomic E-state index is 0.119. The molecule has 1 amide bonds. The molecule has 0 aromatic heterocycles. The minimum Gasteiger partial charge on any atom is -0.480 e. The molecule has 2 aromatic rings. The SMILES string of the molecule is O=C(CCc1ccccc1)N[C@@H](CC[S@](=O)c1ccccc1)C(=O)O. The van der Waals surface area contributed by atoms with Gasteiger partial charge in [0.1, 0.15) is 6.04 Å². The zero-order valence-corrected chi connectivity index (χ0v) is 14.6. The van der Waals surface area contributed by atoms with Crippen molar-refractivity contribution in [3.63, 3.8) is 0 Å². The molecule has 0 aliphatic carbocycles. The Kier molecular flexibility index (Phi) is 7.35. The van der Waals surface area contributed by atoms with Crippen LogP contribution in [-0.4, -0.2) is 33.0 Å². The molecule has 2 rings (SSSR count). The summed E-state index contributed by atoms with van der Waals surface area (Å²) in [7, 11) is -1.28. The van der Waals surface area contributed by atoms with Crippen LogP contribution in [0.1, 0.15) is 18.4 Å². The molecule has 0 aliphatic rings. The summed E-state index contributed by atoms with van der Waals surface area (Å²) in [4.78, 5) is 24.0. The first-order valence-electron chi connectivity index (χ1n) is 8.06. The van der Waals surface area contributed by atoms with Gasteiger partial charge in [0.25, 0.3) is 0 Å². The minimum atomic E-state index is -1.28. The van der Waals surface area contributed by atoms with Crippen LogP contribution in [-0.2, 0) is 26.8 Å². The second-order valence-corrected chi connectivity index (χ2v) is 7.17. The van der Waals surface area contributed by atoms with Gasteiger partial charge in [-0.3, -0.25) is 9.00 Å². The molecule has 0 saturated carbocycles. The van der Waals surface area contributed by atoms with Crippen LogP contribution in [0.4, 0.5) is 0 Å². The van der Waals surface area contributed by atoms with E-state index in [2.05, 4.69) is 5.32 Å². The van der Waals surface area contributed by atoms with Gasteiger partial charge in [-0.05, 0) is 30.5 Å². The Bertz CT molecular complexity index is 719. The Morgan fingerprint density at radius 3 is 2.20 bits per heavy atom. The maximum absolute atomic E-state index is 12.2. The van der Waals surface area contributed by atoms with Crippen molar-refractivity contribution in [2.75, 3.05) is 5.75 Å². The molecule has 0 heterocycles. The van der Waals surface area contributed by atoms with Crippen LogP contribution < -0.4 is 5.32 Å². The number of aryl methyl sites for hydroxylation is 1. The second-order valence-electron chi connectivity index (χ2n) is 5.60. The van der Waals surface area contributed by atoms with E-state index in [0.29, 0.717) is 11.3 Å². The Hall–Kier alpha value is -2.47. The first-order chi connectivity index (χ1) is 12.1. The van der Waals surface area contributed by atoms with E-state index in [0.717, 1.165) is 5.56 Å². The first kappa shape index (κ1) is 18.9. The first-order valence-corrected chi connectivity index (χ1v) is 9.37. The summed E-state index contributed by atoms with van der Waals surface area (Å²) in [5.41, 5.74) is 1.02. The molecule has 2 atom stereocenters. The fraction of sp³-hybridized carbons (Fsp3) is 0.263. The molecule has 2 N–H and O–H groups in total. The highest BCUT2D eigenvalue weighted by molar-refractivity contribution is 7.85. The van der Waals surface area contributed by atoms with E-state index in [1.54, 1.807) is 24.3 Å². The quantitative estimate of drug-likeness (QED) is 0.720. The lowest BCUT2D eigenvalue weighted by Crippen LogP contribution is -2.41. The number of carbonyl (C=O) groups is 2. The van der Waals surface area contributed by atoms with Gasteiger partial charge < -0.3 is 10.4 Å². The van der Waals surface area contributed by atoms with E-state index in [-0.39, 0.29) is 24.5 Å². The Morgan fingerprint density at radius 2 is 1.60 bits per heavy atom. The Labute approximate surface area is 149 Å². The summed E-state index contributed by atoms with van der Waals surface area (Å²) in [5.74, 6) is -1.25. The van der Waals surface area contributed by atoms with Crippen molar-refractivity contribution in [3.8, 4) is 0 Å². The van der Waals surface area contributed by atoms with Gasteiger partial charge in [-0.1, -0.05) is 48.5 Å². The number of benzene rings is 2. The number of hydrogen-bond acceptors (Lipinski definition) is 3. The molecule has 0 fully saturated rings. The van der Waals surface area contributed by atoms with Crippen molar-refractivity contribution >= 4 is 22.7 Å². The van der Waals surface area contributed by atoms with E-state index in [1.807, 2.05) is 36.4 Å². The van der Waals surface area contributed by atoms with Crippen molar-refractivity contribution in [1.29, 1.82) is 0 Å². The molecule has 0 bridgehead atoms. The molecule has 25 heavy (non-hydrogen) atoms. The van der Waals surface area contributed by atoms with E-state index < -0.39 is 22.8 Å².